The lowest BCUT2D eigenvalue weighted by Gasteiger charge is -2.46. The normalized spacial score (nSPS) is 28.3. The number of rotatable bonds is 7. The Kier molecular flexibility index (Phi) is 6.01. The third-order valence-corrected chi connectivity index (χ3v) is 5.38. The van der Waals surface area contributed by atoms with Gasteiger partial charge in [-0.2, -0.15) is 0 Å². The van der Waals surface area contributed by atoms with Crippen LogP contribution in [0.5, 0.6) is 5.75 Å². The molecule has 1 aliphatic carbocycles. The zero-order chi connectivity index (χ0) is 16.0. The van der Waals surface area contributed by atoms with E-state index in [0.29, 0.717) is 18.9 Å². The van der Waals surface area contributed by atoms with Gasteiger partial charge < -0.3 is 14.3 Å². The van der Waals surface area contributed by atoms with Crippen LogP contribution in [-0.2, 0) is 16.1 Å². The minimum absolute atomic E-state index is 0.103. The second-order valence-electron chi connectivity index (χ2n) is 6.69. The van der Waals surface area contributed by atoms with E-state index in [1.54, 1.807) is 7.11 Å². The Labute approximate surface area is 134 Å². The van der Waals surface area contributed by atoms with Crippen LogP contribution in [0.3, 0.4) is 0 Å². The zero-order valence-corrected chi connectivity index (χ0v) is 14.0. The van der Waals surface area contributed by atoms with Crippen LogP contribution in [0.2, 0.25) is 0 Å². The molecule has 0 saturated heterocycles. The summed E-state index contributed by atoms with van der Waals surface area (Å²) in [6, 6.07) is 8.03. The highest BCUT2D eigenvalue weighted by atomic mass is 16.5. The van der Waals surface area contributed by atoms with Crippen molar-refractivity contribution in [1.29, 1.82) is 0 Å². The monoisotopic (exact) mass is 304 g/mol. The quantitative estimate of drug-likeness (QED) is 0.701. The number of ether oxygens (including phenoxy) is 2. The molecule has 0 radical (unpaired) electrons. The number of hydrogen-bond acceptors (Lipinski definition) is 3. The van der Waals surface area contributed by atoms with Gasteiger partial charge in [0.1, 0.15) is 12.0 Å². The topological polar surface area (TPSA) is 35.5 Å². The number of aldehydes is 1. The summed E-state index contributed by atoms with van der Waals surface area (Å²) >= 11 is 0. The van der Waals surface area contributed by atoms with Crippen LogP contribution in [0, 0.1) is 11.3 Å². The summed E-state index contributed by atoms with van der Waals surface area (Å²) in [5.74, 6) is 1.47. The summed E-state index contributed by atoms with van der Waals surface area (Å²) in [5, 5.41) is 0. The molecule has 1 aromatic carbocycles. The maximum atomic E-state index is 10.8. The fourth-order valence-corrected chi connectivity index (χ4v) is 3.56. The first kappa shape index (κ1) is 17.0. The highest BCUT2D eigenvalue weighted by Crippen LogP contribution is 2.46. The fourth-order valence-electron chi connectivity index (χ4n) is 3.56. The zero-order valence-electron chi connectivity index (χ0n) is 14.0. The summed E-state index contributed by atoms with van der Waals surface area (Å²) < 4.78 is 11.5. The van der Waals surface area contributed by atoms with E-state index in [9.17, 15) is 4.79 Å². The van der Waals surface area contributed by atoms with Crippen LogP contribution >= 0.6 is 0 Å². The molecule has 22 heavy (non-hydrogen) atoms. The van der Waals surface area contributed by atoms with Gasteiger partial charge in [0.15, 0.2) is 0 Å². The van der Waals surface area contributed by atoms with Crippen LogP contribution in [0.25, 0.3) is 0 Å². The molecule has 3 heteroatoms. The maximum absolute atomic E-state index is 10.8. The van der Waals surface area contributed by atoms with Crippen molar-refractivity contribution >= 4 is 6.29 Å². The SMILES string of the molecule is COc1ccc(CO[C@H]2CCC[C@@H](C)[C@]2(C)CCC=O)cc1. The second kappa shape index (κ2) is 7.77. The third kappa shape index (κ3) is 3.89. The van der Waals surface area contributed by atoms with Crippen molar-refractivity contribution in [2.24, 2.45) is 11.3 Å². The van der Waals surface area contributed by atoms with E-state index in [0.717, 1.165) is 30.4 Å². The molecule has 0 unspecified atom stereocenters. The second-order valence-corrected chi connectivity index (χ2v) is 6.69. The maximum Gasteiger partial charge on any atom is 0.120 e. The molecule has 0 amide bonds. The largest absolute Gasteiger partial charge is 0.497 e. The Morgan fingerprint density at radius 1 is 1.27 bits per heavy atom. The molecule has 1 aromatic rings. The van der Waals surface area contributed by atoms with Crippen molar-refractivity contribution in [3.63, 3.8) is 0 Å². The van der Waals surface area contributed by atoms with E-state index in [2.05, 4.69) is 13.8 Å². The van der Waals surface area contributed by atoms with E-state index < -0.39 is 0 Å². The van der Waals surface area contributed by atoms with Gasteiger partial charge in [0.05, 0.1) is 19.8 Å². The predicted molar refractivity (Wildman–Crippen MR) is 88.0 cm³/mol. The van der Waals surface area contributed by atoms with Gasteiger partial charge in [-0.05, 0) is 48.3 Å². The van der Waals surface area contributed by atoms with Gasteiger partial charge in [0.2, 0.25) is 0 Å². The predicted octanol–water partition coefficient (Wildman–Crippen LogP) is 4.39. The average molecular weight is 304 g/mol. The molecule has 1 fully saturated rings. The molecule has 0 aliphatic heterocycles. The van der Waals surface area contributed by atoms with E-state index in [1.165, 1.54) is 12.8 Å². The number of benzene rings is 1. The van der Waals surface area contributed by atoms with Crippen molar-refractivity contribution in [2.45, 2.75) is 58.7 Å². The first-order valence-corrected chi connectivity index (χ1v) is 8.28. The number of methoxy groups -OCH3 is 1. The number of carbonyl (C=O) groups excluding carboxylic acids is 1. The summed E-state index contributed by atoms with van der Waals surface area (Å²) in [6.07, 6.45) is 6.36. The van der Waals surface area contributed by atoms with E-state index >= 15 is 0 Å². The van der Waals surface area contributed by atoms with Crippen molar-refractivity contribution in [1.82, 2.24) is 0 Å². The van der Waals surface area contributed by atoms with Gasteiger partial charge in [0, 0.05) is 6.42 Å². The van der Waals surface area contributed by atoms with Crippen molar-refractivity contribution in [2.75, 3.05) is 7.11 Å². The first-order chi connectivity index (χ1) is 10.6. The molecule has 0 aromatic heterocycles. The Hall–Kier alpha value is -1.35. The molecule has 2 rings (SSSR count). The van der Waals surface area contributed by atoms with E-state index in [-0.39, 0.29) is 11.5 Å². The van der Waals surface area contributed by atoms with Gasteiger partial charge in [-0.25, -0.2) is 0 Å². The average Bonchev–Trinajstić information content (AvgIpc) is 2.55. The minimum atomic E-state index is 0.103. The Balaban J connectivity index is 1.99. The lowest BCUT2D eigenvalue weighted by Crippen LogP contribution is -2.43. The van der Waals surface area contributed by atoms with Gasteiger partial charge >= 0.3 is 0 Å². The summed E-state index contributed by atoms with van der Waals surface area (Å²) in [5.41, 5.74) is 1.27. The third-order valence-electron chi connectivity index (χ3n) is 5.38. The number of hydrogen-bond donors (Lipinski definition) is 0. The van der Waals surface area contributed by atoms with E-state index in [4.69, 9.17) is 9.47 Å². The molecular weight excluding hydrogens is 276 g/mol. The Morgan fingerprint density at radius 3 is 2.64 bits per heavy atom. The van der Waals surface area contributed by atoms with Crippen LogP contribution in [0.15, 0.2) is 24.3 Å². The Morgan fingerprint density at radius 2 is 2.00 bits per heavy atom. The smallest absolute Gasteiger partial charge is 0.120 e. The van der Waals surface area contributed by atoms with Gasteiger partial charge in [-0.1, -0.05) is 32.4 Å². The summed E-state index contributed by atoms with van der Waals surface area (Å²) in [4.78, 5) is 10.8. The van der Waals surface area contributed by atoms with Crippen LogP contribution in [0.1, 0.15) is 51.5 Å². The minimum Gasteiger partial charge on any atom is -0.497 e. The lowest BCUT2D eigenvalue weighted by molar-refractivity contribution is -0.113. The molecule has 122 valence electrons. The van der Waals surface area contributed by atoms with Gasteiger partial charge in [-0.3, -0.25) is 0 Å². The molecule has 3 nitrogen and oxygen atoms in total. The van der Waals surface area contributed by atoms with Crippen LogP contribution in [-0.4, -0.2) is 19.5 Å². The molecule has 3 atom stereocenters. The van der Waals surface area contributed by atoms with Crippen LogP contribution in [0.4, 0.5) is 0 Å². The highest BCUT2D eigenvalue weighted by Gasteiger charge is 2.41. The van der Waals surface area contributed by atoms with Gasteiger partial charge in [0.25, 0.3) is 0 Å². The summed E-state index contributed by atoms with van der Waals surface area (Å²) in [6.45, 7) is 5.21. The highest BCUT2D eigenvalue weighted by molar-refractivity contribution is 5.49. The van der Waals surface area contributed by atoms with Crippen LogP contribution < -0.4 is 4.74 Å². The van der Waals surface area contributed by atoms with E-state index in [1.807, 2.05) is 24.3 Å². The fraction of sp³-hybridized carbons (Fsp3) is 0.632. The first-order valence-electron chi connectivity index (χ1n) is 8.28. The van der Waals surface area contributed by atoms with Crippen molar-refractivity contribution < 1.29 is 14.3 Å². The van der Waals surface area contributed by atoms with Crippen molar-refractivity contribution in [3.05, 3.63) is 29.8 Å². The molecule has 0 spiro atoms. The molecule has 0 N–H and O–H groups in total. The number of carbonyl (C=O) groups is 1. The standard InChI is InChI=1S/C19H28O3/c1-15-6-4-7-18(19(15,2)12-5-13-20)22-14-16-8-10-17(21-3)11-9-16/h8-11,13,15,18H,4-7,12,14H2,1-3H3/t15-,18+,19+/m1/s1. The molecule has 0 heterocycles. The van der Waals surface area contributed by atoms with Gasteiger partial charge in [-0.15, -0.1) is 0 Å². The molecule has 0 bridgehead atoms. The molecule has 1 saturated carbocycles. The molecular formula is C19H28O3. The summed E-state index contributed by atoms with van der Waals surface area (Å²) in [7, 11) is 1.67. The van der Waals surface area contributed by atoms with Crippen molar-refractivity contribution in [3.8, 4) is 5.75 Å². The Bertz CT molecular complexity index is 468. The molecule has 1 aliphatic rings. The lowest BCUT2D eigenvalue weighted by atomic mass is 9.64.